The molecule has 0 radical (unpaired) electrons. The van der Waals surface area contributed by atoms with Crippen LogP contribution in [0.2, 0.25) is 0 Å². The third-order valence-electron chi connectivity index (χ3n) is 5.24. The highest BCUT2D eigenvalue weighted by atomic mass is 16.5. The Balaban J connectivity index is 1.53. The van der Waals surface area contributed by atoms with Gasteiger partial charge in [0, 0.05) is 23.4 Å². The Kier molecular flexibility index (Phi) is 4.39. The van der Waals surface area contributed by atoms with E-state index in [0.717, 1.165) is 31.7 Å². The van der Waals surface area contributed by atoms with Gasteiger partial charge in [0.15, 0.2) is 0 Å². The standard InChI is InChI=1S/C18H26N2O2/c1-18(14-5-3-4-6-15(14)22-2)11-16(18)20-17(21)8-7-13-9-10-19-12-13/h3-6,13,16,19H,7-12H2,1-2H3,(H,20,21). The molecule has 1 amide bonds. The molecule has 1 aliphatic heterocycles. The lowest BCUT2D eigenvalue weighted by atomic mass is 9.96. The molecule has 1 aliphatic carbocycles. The SMILES string of the molecule is COc1ccccc1C1(C)CC1NC(=O)CCC1CCNC1. The average molecular weight is 302 g/mol. The number of ether oxygens (including phenoxy) is 1. The van der Waals surface area contributed by atoms with E-state index in [9.17, 15) is 4.79 Å². The van der Waals surface area contributed by atoms with Crippen LogP contribution in [0.15, 0.2) is 24.3 Å². The summed E-state index contributed by atoms with van der Waals surface area (Å²) in [5.74, 6) is 1.78. The summed E-state index contributed by atoms with van der Waals surface area (Å²) >= 11 is 0. The van der Waals surface area contributed by atoms with E-state index < -0.39 is 0 Å². The van der Waals surface area contributed by atoms with Crippen molar-refractivity contribution < 1.29 is 9.53 Å². The maximum absolute atomic E-state index is 12.2. The van der Waals surface area contributed by atoms with Crippen molar-refractivity contribution in [1.29, 1.82) is 0 Å². The average Bonchev–Trinajstić information content (AvgIpc) is 2.95. The van der Waals surface area contributed by atoms with Crippen molar-refractivity contribution >= 4 is 5.91 Å². The van der Waals surface area contributed by atoms with Gasteiger partial charge in [-0.05, 0) is 44.3 Å². The third-order valence-corrected chi connectivity index (χ3v) is 5.24. The monoisotopic (exact) mass is 302 g/mol. The molecule has 2 fully saturated rings. The number of carbonyl (C=O) groups is 1. The van der Waals surface area contributed by atoms with Crippen molar-refractivity contribution in [3.63, 3.8) is 0 Å². The van der Waals surface area contributed by atoms with Gasteiger partial charge in [0.05, 0.1) is 7.11 Å². The smallest absolute Gasteiger partial charge is 0.220 e. The number of rotatable bonds is 6. The van der Waals surface area contributed by atoms with Gasteiger partial charge in [0.1, 0.15) is 5.75 Å². The van der Waals surface area contributed by atoms with E-state index >= 15 is 0 Å². The number of hydrogen-bond acceptors (Lipinski definition) is 3. The van der Waals surface area contributed by atoms with Crippen LogP contribution in [0.25, 0.3) is 0 Å². The first-order chi connectivity index (χ1) is 10.6. The Bertz CT molecular complexity index is 540. The molecule has 1 saturated carbocycles. The molecule has 4 heteroatoms. The summed E-state index contributed by atoms with van der Waals surface area (Å²) in [5, 5.41) is 6.55. The van der Waals surface area contributed by atoms with Gasteiger partial charge in [0.25, 0.3) is 0 Å². The van der Waals surface area contributed by atoms with Gasteiger partial charge < -0.3 is 15.4 Å². The van der Waals surface area contributed by atoms with Gasteiger partial charge in [0.2, 0.25) is 5.91 Å². The first-order valence-electron chi connectivity index (χ1n) is 8.27. The molecule has 22 heavy (non-hydrogen) atoms. The highest BCUT2D eigenvalue weighted by Gasteiger charge is 2.53. The van der Waals surface area contributed by atoms with E-state index in [4.69, 9.17) is 4.74 Å². The maximum atomic E-state index is 12.2. The number of carbonyl (C=O) groups excluding carboxylic acids is 1. The van der Waals surface area contributed by atoms with Crippen LogP contribution in [0.4, 0.5) is 0 Å². The van der Waals surface area contributed by atoms with Gasteiger partial charge >= 0.3 is 0 Å². The van der Waals surface area contributed by atoms with Crippen LogP contribution in [-0.4, -0.2) is 32.1 Å². The fraction of sp³-hybridized carbons (Fsp3) is 0.611. The van der Waals surface area contributed by atoms with Gasteiger partial charge in [-0.15, -0.1) is 0 Å². The normalized spacial score (nSPS) is 30.1. The number of hydrogen-bond donors (Lipinski definition) is 2. The molecular formula is C18H26N2O2. The van der Waals surface area contributed by atoms with Crippen LogP contribution >= 0.6 is 0 Å². The van der Waals surface area contributed by atoms with Crippen molar-refractivity contribution in [2.45, 2.75) is 44.1 Å². The molecule has 0 aromatic heterocycles. The number of amides is 1. The molecule has 2 N–H and O–H groups in total. The van der Waals surface area contributed by atoms with Crippen LogP contribution in [0.5, 0.6) is 5.75 Å². The van der Waals surface area contributed by atoms with Gasteiger partial charge in [-0.2, -0.15) is 0 Å². The zero-order valence-corrected chi connectivity index (χ0v) is 13.5. The van der Waals surface area contributed by atoms with Crippen LogP contribution < -0.4 is 15.4 Å². The quantitative estimate of drug-likeness (QED) is 0.847. The maximum Gasteiger partial charge on any atom is 0.220 e. The Morgan fingerprint density at radius 1 is 1.45 bits per heavy atom. The van der Waals surface area contributed by atoms with Gasteiger partial charge in [-0.1, -0.05) is 25.1 Å². The lowest BCUT2D eigenvalue weighted by Gasteiger charge is -2.16. The fourth-order valence-electron chi connectivity index (χ4n) is 3.55. The number of benzene rings is 1. The summed E-state index contributed by atoms with van der Waals surface area (Å²) < 4.78 is 5.46. The molecule has 3 unspecified atom stereocenters. The van der Waals surface area contributed by atoms with Gasteiger partial charge in [-0.25, -0.2) is 0 Å². The van der Waals surface area contributed by atoms with Crippen molar-refractivity contribution in [3.05, 3.63) is 29.8 Å². The highest BCUT2D eigenvalue weighted by Crippen LogP contribution is 2.51. The Morgan fingerprint density at radius 3 is 3.00 bits per heavy atom. The second kappa shape index (κ2) is 6.29. The van der Waals surface area contributed by atoms with Crippen LogP contribution in [0.3, 0.4) is 0 Å². The van der Waals surface area contributed by atoms with E-state index in [1.165, 1.54) is 12.0 Å². The predicted octanol–water partition coefficient (Wildman–Crippen LogP) is 2.23. The molecule has 1 aromatic rings. The minimum Gasteiger partial charge on any atom is -0.496 e. The zero-order valence-electron chi connectivity index (χ0n) is 13.5. The second-order valence-electron chi connectivity index (χ2n) is 6.84. The molecule has 1 heterocycles. The molecule has 1 aromatic carbocycles. The minimum atomic E-state index is 0.0111. The summed E-state index contributed by atoms with van der Waals surface area (Å²) in [6.45, 7) is 4.37. The molecule has 4 nitrogen and oxygen atoms in total. The van der Waals surface area contributed by atoms with E-state index in [0.29, 0.717) is 12.3 Å². The molecule has 0 spiro atoms. The summed E-state index contributed by atoms with van der Waals surface area (Å²) in [6, 6.07) is 8.35. The van der Waals surface area contributed by atoms with Gasteiger partial charge in [-0.3, -0.25) is 4.79 Å². The summed E-state index contributed by atoms with van der Waals surface area (Å²) in [4.78, 5) is 12.2. The Hall–Kier alpha value is -1.55. The fourth-order valence-corrected chi connectivity index (χ4v) is 3.55. The first-order valence-corrected chi connectivity index (χ1v) is 8.27. The number of nitrogens with one attached hydrogen (secondary N) is 2. The summed E-state index contributed by atoms with van der Waals surface area (Å²) in [7, 11) is 1.70. The van der Waals surface area contributed by atoms with Crippen LogP contribution in [0, 0.1) is 5.92 Å². The first kappa shape index (κ1) is 15.3. The molecule has 3 atom stereocenters. The van der Waals surface area contributed by atoms with E-state index in [1.54, 1.807) is 7.11 Å². The van der Waals surface area contributed by atoms with Crippen molar-refractivity contribution in [3.8, 4) is 5.75 Å². The van der Waals surface area contributed by atoms with Crippen LogP contribution in [-0.2, 0) is 10.2 Å². The second-order valence-corrected chi connectivity index (χ2v) is 6.84. The lowest BCUT2D eigenvalue weighted by molar-refractivity contribution is -0.121. The van der Waals surface area contributed by atoms with E-state index in [2.05, 4.69) is 23.6 Å². The Labute approximate surface area is 132 Å². The third kappa shape index (κ3) is 3.12. The van der Waals surface area contributed by atoms with E-state index in [1.807, 2.05) is 18.2 Å². The Morgan fingerprint density at radius 2 is 2.27 bits per heavy atom. The molecule has 3 rings (SSSR count). The molecule has 120 valence electrons. The molecular weight excluding hydrogens is 276 g/mol. The highest BCUT2D eigenvalue weighted by molar-refractivity contribution is 5.77. The summed E-state index contributed by atoms with van der Waals surface area (Å²) in [5.41, 5.74) is 1.21. The molecule has 1 saturated heterocycles. The van der Waals surface area contributed by atoms with Crippen LogP contribution in [0.1, 0.15) is 38.2 Å². The largest absolute Gasteiger partial charge is 0.496 e. The number of methoxy groups -OCH3 is 1. The van der Waals surface area contributed by atoms with Crippen molar-refractivity contribution in [1.82, 2.24) is 10.6 Å². The van der Waals surface area contributed by atoms with Crippen molar-refractivity contribution in [2.24, 2.45) is 5.92 Å². The van der Waals surface area contributed by atoms with Crippen molar-refractivity contribution in [2.75, 3.05) is 20.2 Å². The zero-order chi connectivity index (χ0) is 15.6. The lowest BCUT2D eigenvalue weighted by Crippen LogP contribution is -2.30. The number of para-hydroxylation sites is 1. The minimum absolute atomic E-state index is 0.0111. The predicted molar refractivity (Wildman–Crippen MR) is 87.1 cm³/mol. The van der Waals surface area contributed by atoms with E-state index in [-0.39, 0.29) is 17.4 Å². The topological polar surface area (TPSA) is 50.4 Å². The summed E-state index contributed by atoms with van der Waals surface area (Å²) in [6.07, 6.45) is 3.83. The molecule has 0 bridgehead atoms. The molecule has 2 aliphatic rings.